The van der Waals surface area contributed by atoms with Crippen LogP contribution in [-0.2, 0) is 4.79 Å². The number of phenolic OH excluding ortho intramolecular Hbond substituents is 1. The Morgan fingerprint density at radius 2 is 2.29 bits per heavy atom. The zero-order valence-corrected chi connectivity index (χ0v) is 9.02. The molecule has 0 saturated carbocycles. The average molecular weight is 211 g/mol. The van der Waals surface area contributed by atoms with E-state index in [-0.39, 0.29) is 11.7 Å². The number of anilines is 1. The van der Waals surface area contributed by atoms with Gasteiger partial charge in [0.15, 0.2) is 0 Å². The standard InChI is InChI=1S/C10H13NO2S/c1-7-3-4-8(5-9(7)12)11-10(13)6-14-2/h3-5,12H,6H2,1-2H3,(H,11,13). The summed E-state index contributed by atoms with van der Waals surface area (Å²) in [6.45, 7) is 1.81. The Bertz CT molecular complexity index is 339. The van der Waals surface area contributed by atoms with Gasteiger partial charge >= 0.3 is 0 Å². The molecule has 0 unspecified atom stereocenters. The van der Waals surface area contributed by atoms with Gasteiger partial charge in [-0.05, 0) is 24.8 Å². The number of carbonyl (C=O) groups excluding carboxylic acids is 1. The molecule has 3 nitrogen and oxygen atoms in total. The van der Waals surface area contributed by atoms with Gasteiger partial charge in [-0.15, -0.1) is 0 Å². The van der Waals surface area contributed by atoms with Crippen molar-refractivity contribution in [2.75, 3.05) is 17.3 Å². The predicted octanol–water partition coefficient (Wildman–Crippen LogP) is 2.00. The van der Waals surface area contributed by atoms with Crippen molar-refractivity contribution >= 4 is 23.4 Å². The highest BCUT2D eigenvalue weighted by Crippen LogP contribution is 2.20. The molecule has 76 valence electrons. The first-order chi connectivity index (χ1) is 6.63. The van der Waals surface area contributed by atoms with Crippen molar-refractivity contribution in [3.8, 4) is 5.75 Å². The molecule has 1 aromatic carbocycles. The fourth-order valence-electron chi connectivity index (χ4n) is 1.02. The van der Waals surface area contributed by atoms with Crippen molar-refractivity contribution in [1.29, 1.82) is 0 Å². The molecule has 0 aliphatic heterocycles. The summed E-state index contributed by atoms with van der Waals surface area (Å²) in [5.41, 5.74) is 1.43. The normalized spacial score (nSPS) is 9.86. The predicted molar refractivity (Wildman–Crippen MR) is 59.9 cm³/mol. The van der Waals surface area contributed by atoms with Crippen LogP contribution in [0, 0.1) is 6.92 Å². The minimum Gasteiger partial charge on any atom is -0.508 e. The van der Waals surface area contributed by atoms with Crippen LogP contribution < -0.4 is 5.32 Å². The molecule has 0 aliphatic rings. The summed E-state index contributed by atoms with van der Waals surface area (Å²) in [5, 5.41) is 12.1. The van der Waals surface area contributed by atoms with Crippen LogP contribution in [0.15, 0.2) is 18.2 Å². The number of thioether (sulfide) groups is 1. The minimum absolute atomic E-state index is 0.0549. The second-order valence-electron chi connectivity index (χ2n) is 2.98. The molecule has 0 bridgehead atoms. The third kappa shape index (κ3) is 2.96. The van der Waals surface area contributed by atoms with Gasteiger partial charge < -0.3 is 10.4 Å². The first kappa shape index (κ1) is 10.9. The quantitative estimate of drug-likeness (QED) is 0.804. The van der Waals surface area contributed by atoms with E-state index in [4.69, 9.17) is 0 Å². The number of hydrogen-bond acceptors (Lipinski definition) is 3. The van der Waals surface area contributed by atoms with E-state index in [2.05, 4.69) is 5.32 Å². The zero-order valence-electron chi connectivity index (χ0n) is 8.20. The fraction of sp³-hybridized carbons (Fsp3) is 0.300. The van der Waals surface area contributed by atoms with Gasteiger partial charge in [-0.1, -0.05) is 6.07 Å². The van der Waals surface area contributed by atoms with E-state index in [1.807, 2.05) is 13.2 Å². The third-order valence-corrected chi connectivity index (χ3v) is 2.32. The second kappa shape index (κ2) is 4.91. The molecule has 1 rings (SSSR count). The second-order valence-corrected chi connectivity index (χ2v) is 3.85. The smallest absolute Gasteiger partial charge is 0.234 e. The van der Waals surface area contributed by atoms with E-state index < -0.39 is 0 Å². The number of nitrogens with one attached hydrogen (secondary N) is 1. The summed E-state index contributed by atoms with van der Waals surface area (Å²) in [5.74, 6) is 0.571. The molecule has 4 heteroatoms. The largest absolute Gasteiger partial charge is 0.508 e. The maximum atomic E-state index is 11.2. The fourth-order valence-corrected chi connectivity index (χ4v) is 1.35. The van der Waals surface area contributed by atoms with E-state index >= 15 is 0 Å². The molecule has 0 fully saturated rings. The topological polar surface area (TPSA) is 49.3 Å². The molecule has 2 N–H and O–H groups in total. The Morgan fingerprint density at radius 1 is 1.57 bits per heavy atom. The van der Waals surface area contributed by atoms with E-state index in [1.165, 1.54) is 11.8 Å². The van der Waals surface area contributed by atoms with E-state index in [1.54, 1.807) is 18.2 Å². The van der Waals surface area contributed by atoms with Crippen LogP contribution >= 0.6 is 11.8 Å². The zero-order chi connectivity index (χ0) is 10.6. The molecular formula is C10H13NO2S. The molecule has 0 aliphatic carbocycles. The molecule has 0 saturated heterocycles. The molecule has 1 amide bonds. The van der Waals surface area contributed by atoms with Crippen molar-refractivity contribution in [1.82, 2.24) is 0 Å². The van der Waals surface area contributed by atoms with Gasteiger partial charge in [0.1, 0.15) is 5.75 Å². The molecule has 0 spiro atoms. The number of aromatic hydroxyl groups is 1. The number of carbonyl (C=O) groups is 1. The molecule has 0 atom stereocenters. The summed E-state index contributed by atoms with van der Waals surface area (Å²) in [6.07, 6.45) is 1.87. The van der Waals surface area contributed by atoms with E-state index in [0.717, 1.165) is 5.56 Å². The average Bonchev–Trinajstić information content (AvgIpc) is 2.12. The number of amides is 1. The maximum absolute atomic E-state index is 11.2. The van der Waals surface area contributed by atoms with Crippen molar-refractivity contribution in [3.05, 3.63) is 23.8 Å². The van der Waals surface area contributed by atoms with E-state index in [0.29, 0.717) is 11.4 Å². The Balaban J connectivity index is 2.68. The lowest BCUT2D eigenvalue weighted by Gasteiger charge is -2.05. The third-order valence-electron chi connectivity index (χ3n) is 1.77. The summed E-state index contributed by atoms with van der Waals surface area (Å²) in [4.78, 5) is 11.2. The van der Waals surface area contributed by atoms with Gasteiger partial charge in [-0.25, -0.2) is 0 Å². The Morgan fingerprint density at radius 3 is 2.86 bits per heavy atom. The Kier molecular flexibility index (Phi) is 3.83. The van der Waals surface area contributed by atoms with Gasteiger partial charge in [0.2, 0.25) is 5.91 Å². The van der Waals surface area contributed by atoms with Crippen LogP contribution in [0.4, 0.5) is 5.69 Å². The summed E-state index contributed by atoms with van der Waals surface area (Å²) < 4.78 is 0. The van der Waals surface area contributed by atoms with Crippen molar-refractivity contribution in [2.24, 2.45) is 0 Å². The highest BCUT2D eigenvalue weighted by atomic mass is 32.2. The molecular weight excluding hydrogens is 198 g/mol. The molecule has 14 heavy (non-hydrogen) atoms. The highest BCUT2D eigenvalue weighted by Gasteiger charge is 2.02. The van der Waals surface area contributed by atoms with Crippen molar-refractivity contribution in [2.45, 2.75) is 6.92 Å². The summed E-state index contributed by atoms with van der Waals surface area (Å²) in [6, 6.07) is 5.09. The Labute approximate surface area is 87.5 Å². The lowest BCUT2D eigenvalue weighted by Crippen LogP contribution is -2.13. The number of hydrogen-bond donors (Lipinski definition) is 2. The molecule has 0 radical (unpaired) electrons. The Hall–Kier alpha value is -1.16. The summed E-state index contributed by atoms with van der Waals surface area (Å²) in [7, 11) is 0. The van der Waals surface area contributed by atoms with Gasteiger partial charge in [0, 0.05) is 11.8 Å². The number of benzene rings is 1. The van der Waals surface area contributed by atoms with Crippen LogP contribution in [0.5, 0.6) is 5.75 Å². The van der Waals surface area contributed by atoms with Gasteiger partial charge in [-0.2, -0.15) is 11.8 Å². The molecule has 1 aromatic rings. The highest BCUT2D eigenvalue weighted by molar-refractivity contribution is 7.99. The van der Waals surface area contributed by atoms with Crippen LogP contribution in [0.3, 0.4) is 0 Å². The number of rotatable bonds is 3. The lowest BCUT2D eigenvalue weighted by molar-refractivity contribution is -0.113. The van der Waals surface area contributed by atoms with E-state index in [9.17, 15) is 9.90 Å². The van der Waals surface area contributed by atoms with Crippen molar-refractivity contribution in [3.63, 3.8) is 0 Å². The van der Waals surface area contributed by atoms with Crippen molar-refractivity contribution < 1.29 is 9.90 Å². The van der Waals surface area contributed by atoms with Crippen LogP contribution in [0.2, 0.25) is 0 Å². The van der Waals surface area contributed by atoms with Gasteiger partial charge in [0.05, 0.1) is 5.75 Å². The lowest BCUT2D eigenvalue weighted by atomic mass is 10.2. The van der Waals surface area contributed by atoms with Crippen LogP contribution in [-0.4, -0.2) is 23.0 Å². The van der Waals surface area contributed by atoms with Crippen LogP contribution in [0.25, 0.3) is 0 Å². The maximum Gasteiger partial charge on any atom is 0.234 e. The SMILES string of the molecule is CSCC(=O)Nc1ccc(C)c(O)c1. The molecule has 0 aromatic heterocycles. The molecule has 0 heterocycles. The minimum atomic E-state index is -0.0549. The first-order valence-corrected chi connectivity index (χ1v) is 5.61. The van der Waals surface area contributed by atoms with Crippen LogP contribution in [0.1, 0.15) is 5.56 Å². The number of phenols is 1. The monoisotopic (exact) mass is 211 g/mol. The van der Waals surface area contributed by atoms with Gasteiger partial charge in [0.25, 0.3) is 0 Å². The van der Waals surface area contributed by atoms with Gasteiger partial charge in [-0.3, -0.25) is 4.79 Å². The first-order valence-electron chi connectivity index (χ1n) is 4.22. The number of aryl methyl sites for hydroxylation is 1. The summed E-state index contributed by atoms with van der Waals surface area (Å²) >= 11 is 1.46.